The predicted molar refractivity (Wildman–Crippen MR) is 68.1 cm³/mol. The number of nitrogens with one attached hydrogen (secondary N) is 1. The maximum absolute atomic E-state index is 10.5. The largest absolute Gasteiger partial charge is 0.481 e. The van der Waals surface area contributed by atoms with Gasteiger partial charge in [0.25, 0.3) is 0 Å². The highest BCUT2D eigenvalue weighted by Crippen LogP contribution is 2.18. The summed E-state index contributed by atoms with van der Waals surface area (Å²) in [4.78, 5) is 14.6. The molecule has 0 aliphatic carbocycles. The molecule has 0 atom stereocenters. The van der Waals surface area contributed by atoms with Gasteiger partial charge in [0, 0.05) is 10.0 Å². The smallest absolute Gasteiger partial charge is 0.311 e. The van der Waals surface area contributed by atoms with Gasteiger partial charge < -0.3 is 5.11 Å². The molecule has 0 saturated heterocycles. The Morgan fingerprint density at radius 2 is 2.00 bits per heavy atom. The topological polar surface area (TPSA) is 78.9 Å². The zero-order valence-electron chi connectivity index (χ0n) is 8.55. The van der Waals surface area contributed by atoms with Gasteiger partial charge in [-0.3, -0.25) is 9.89 Å². The molecule has 0 unspecified atom stereocenters. The Kier molecular flexibility index (Phi) is 4.65. The van der Waals surface area contributed by atoms with Gasteiger partial charge in [-0.15, -0.1) is 12.4 Å². The summed E-state index contributed by atoms with van der Waals surface area (Å²) in [7, 11) is 0. The first-order chi connectivity index (χ1) is 7.65. The number of hydrogen-bond acceptors (Lipinski definition) is 3. The Hall–Kier alpha value is -1.40. The van der Waals surface area contributed by atoms with E-state index in [9.17, 15) is 4.79 Å². The number of carboxylic acids is 1. The number of aromatic nitrogens is 3. The second-order valence-electron chi connectivity index (χ2n) is 3.18. The van der Waals surface area contributed by atoms with E-state index in [4.69, 9.17) is 5.11 Å². The summed E-state index contributed by atoms with van der Waals surface area (Å²) in [6, 6.07) is 7.47. The van der Waals surface area contributed by atoms with Gasteiger partial charge in [0.15, 0.2) is 5.82 Å². The van der Waals surface area contributed by atoms with Crippen LogP contribution in [0.5, 0.6) is 0 Å². The van der Waals surface area contributed by atoms with Gasteiger partial charge in [-0.25, -0.2) is 4.98 Å². The van der Waals surface area contributed by atoms with Crippen molar-refractivity contribution >= 4 is 34.3 Å². The minimum absolute atomic E-state index is 0. The normalized spacial score (nSPS) is 9.71. The SMILES string of the molecule is Cl.O=C(O)Cc1nc(-c2ccc(Br)cc2)n[nH]1. The second kappa shape index (κ2) is 5.79. The van der Waals surface area contributed by atoms with E-state index in [1.807, 2.05) is 24.3 Å². The van der Waals surface area contributed by atoms with Crippen LogP contribution in [-0.2, 0) is 11.2 Å². The molecule has 0 bridgehead atoms. The van der Waals surface area contributed by atoms with E-state index in [1.165, 1.54) is 0 Å². The maximum Gasteiger partial charge on any atom is 0.311 e. The van der Waals surface area contributed by atoms with Gasteiger partial charge >= 0.3 is 5.97 Å². The first-order valence-electron chi connectivity index (χ1n) is 4.54. The maximum atomic E-state index is 10.5. The van der Waals surface area contributed by atoms with Gasteiger partial charge in [-0.2, -0.15) is 5.10 Å². The highest BCUT2D eigenvalue weighted by atomic mass is 79.9. The van der Waals surface area contributed by atoms with Crippen LogP contribution >= 0.6 is 28.3 Å². The molecule has 1 heterocycles. The van der Waals surface area contributed by atoms with Crippen LogP contribution in [0.1, 0.15) is 5.82 Å². The van der Waals surface area contributed by atoms with Crippen molar-refractivity contribution in [2.75, 3.05) is 0 Å². The zero-order valence-corrected chi connectivity index (χ0v) is 11.0. The molecule has 0 aliphatic rings. The fraction of sp³-hybridized carbons (Fsp3) is 0.100. The Labute approximate surface area is 112 Å². The van der Waals surface area contributed by atoms with Crippen molar-refractivity contribution in [3.05, 3.63) is 34.6 Å². The number of benzene rings is 1. The number of halogens is 2. The van der Waals surface area contributed by atoms with Gasteiger partial charge in [0.1, 0.15) is 12.2 Å². The van der Waals surface area contributed by atoms with Crippen LogP contribution in [0.15, 0.2) is 28.7 Å². The highest BCUT2D eigenvalue weighted by molar-refractivity contribution is 9.10. The molecule has 7 heteroatoms. The standard InChI is InChI=1S/C10H8BrN3O2.ClH/c11-7-3-1-6(2-4-7)10-12-8(13-14-10)5-9(15)16;/h1-4H,5H2,(H,15,16)(H,12,13,14);1H. The molecule has 17 heavy (non-hydrogen) atoms. The lowest BCUT2D eigenvalue weighted by molar-refractivity contribution is -0.136. The highest BCUT2D eigenvalue weighted by Gasteiger charge is 2.08. The van der Waals surface area contributed by atoms with E-state index in [0.29, 0.717) is 11.6 Å². The lowest BCUT2D eigenvalue weighted by Crippen LogP contribution is -2.01. The number of hydrogen-bond donors (Lipinski definition) is 2. The summed E-state index contributed by atoms with van der Waals surface area (Å²) in [5.74, 6) is -0.0762. The predicted octanol–water partition coefficient (Wildman–Crippen LogP) is 2.28. The first kappa shape index (κ1) is 13.7. The minimum Gasteiger partial charge on any atom is -0.481 e. The van der Waals surface area contributed by atoms with Crippen LogP contribution < -0.4 is 0 Å². The first-order valence-corrected chi connectivity index (χ1v) is 5.33. The Morgan fingerprint density at radius 3 is 2.59 bits per heavy atom. The molecule has 2 aromatic rings. The molecular weight excluding hydrogens is 309 g/mol. The van der Waals surface area contributed by atoms with Crippen molar-refractivity contribution in [2.24, 2.45) is 0 Å². The molecule has 0 fully saturated rings. The summed E-state index contributed by atoms with van der Waals surface area (Å²) in [6.45, 7) is 0. The fourth-order valence-corrected chi connectivity index (χ4v) is 1.51. The number of aliphatic carboxylic acids is 1. The molecule has 0 radical (unpaired) electrons. The van der Waals surface area contributed by atoms with Crippen LogP contribution in [-0.4, -0.2) is 26.3 Å². The third-order valence-corrected chi connectivity index (χ3v) is 2.48. The van der Waals surface area contributed by atoms with Gasteiger partial charge in [-0.1, -0.05) is 28.1 Å². The molecule has 90 valence electrons. The summed E-state index contributed by atoms with van der Waals surface area (Å²) >= 11 is 3.33. The summed E-state index contributed by atoms with van der Waals surface area (Å²) < 4.78 is 0.970. The molecule has 0 spiro atoms. The molecular formula is C10H9BrClN3O2. The number of carboxylic acid groups (broad SMARTS) is 1. The van der Waals surface area contributed by atoms with Crippen LogP contribution in [0.4, 0.5) is 0 Å². The Bertz CT molecular complexity index is 513. The van der Waals surface area contributed by atoms with Crippen LogP contribution in [0.3, 0.4) is 0 Å². The number of rotatable bonds is 3. The summed E-state index contributed by atoms with van der Waals surface area (Å²) in [5.41, 5.74) is 0.844. The van der Waals surface area contributed by atoms with Crippen LogP contribution in [0.2, 0.25) is 0 Å². The van der Waals surface area contributed by atoms with E-state index in [2.05, 4.69) is 31.1 Å². The van der Waals surface area contributed by atoms with Crippen LogP contribution in [0, 0.1) is 0 Å². The molecule has 0 saturated carbocycles. The van der Waals surface area contributed by atoms with Gasteiger partial charge in [0.05, 0.1) is 0 Å². The van der Waals surface area contributed by atoms with Crippen molar-refractivity contribution in [3.63, 3.8) is 0 Å². The summed E-state index contributed by atoms with van der Waals surface area (Å²) in [6.07, 6.45) is -0.149. The Balaban J connectivity index is 0.00000144. The second-order valence-corrected chi connectivity index (χ2v) is 4.10. The van der Waals surface area contributed by atoms with E-state index in [1.54, 1.807) is 0 Å². The van der Waals surface area contributed by atoms with E-state index < -0.39 is 5.97 Å². The number of carbonyl (C=O) groups is 1. The van der Waals surface area contributed by atoms with Crippen LogP contribution in [0.25, 0.3) is 11.4 Å². The molecule has 0 aliphatic heterocycles. The third kappa shape index (κ3) is 3.54. The van der Waals surface area contributed by atoms with Crippen molar-refractivity contribution in [1.29, 1.82) is 0 Å². The Morgan fingerprint density at radius 1 is 1.35 bits per heavy atom. The molecule has 1 aromatic heterocycles. The molecule has 5 nitrogen and oxygen atoms in total. The van der Waals surface area contributed by atoms with Gasteiger partial charge in [0.2, 0.25) is 0 Å². The van der Waals surface area contributed by atoms with Crippen molar-refractivity contribution in [2.45, 2.75) is 6.42 Å². The zero-order chi connectivity index (χ0) is 11.5. The number of nitrogens with zero attached hydrogens (tertiary/aromatic N) is 2. The summed E-state index contributed by atoms with van der Waals surface area (Å²) in [5, 5.41) is 15.1. The fourth-order valence-electron chi connectivity index (χ4n) is 1.25. The monoisotopic (exact) mass is 317 g/mol. The van der Waals surface area contributed by atoms with Crippen molar-refractivity contribution < 1.29 is 9.90 Å². The minimum atomic E-state index is -0.932. The van der Waals surface area contributed by atoms with Gasteiger partial charge in [-0.05, 0) is 12.1 Å². The molecule has 1 aromatic carbocycles. The third-order valence-electron chi connectivity index (χ3n) is 1.95. The molecule has 2 rings (SSSR count). The van der Waals surface area contributed by atoms with E-state index in [0.717, 1.165) is 10.0 Å². The van der Waals surface area contributed by atoms with E-state index >= 15 is 0 Å². The van der Waals surface area contributed by atoms with Crippen molar-refractivity contribution in [1.82, 2.24) is 15.2 Å². The van der Waals surface area contributed by atoms with Crippen molar-refractivity contribution in [3.8, 4) is 11.4 Å². The lowest BCUT2D eigenvalue weighted by atomic mass is 10.2. The number of H-pyrrole nitrogens is 1. The number of aromatic amines is 1. The quantitative estimate of drug-likeness (QED) is 0.910. The molecule has 0 amide bonds. The average Bonchev–Trinajstić information content (AvgIpc) is 2.66. The molecule has 2 N–H and O–H groups in total. The lowest BCUT2D eigenvalue weighted by Gasteiger charge is -1.94. The van der Waals surface area contributed by atoms with E-state index in [-0.39, 0.29) is 18.8 Å². The average molecular weight is 319 g/mol.